The summed E-state index contributed by atoms with van der Waals surface area (Å²) >= 11 is 0. The van der Waals surface area contributed by atoms with Gasteiger partial charge in [0.05, 0.1) is 12.2 Å². The summed E-state index contributed by atoms with van der Waals surface area (Å²) in [5.41, 5.74) is 1.89. The highest BCUT2D eigenvalue weighted by Gasteiger charge is 2.17. The average Bonchev–Trinajstić information content (AvgIpc) is 2.60. The molecule has 2 amide bonds. The average molecular weight is 326 g/mol. The third-order valence-corrected chi connectivity index (χ3v) is 3.76. The number of nitrogens with zero attached hydrogens (tertiary/aromatic N) is 4. The first-order valence-electron chi connectivity index (χ1n) is 7.84. The Hall–Kier alpha value is -2.76. The summed E-state index contributed by atoms with van der Waals surface area (Å²) in [4.78, 5) is 35.5. The zero-order valence-corrected chi connectivity index (χ0v) is 14.1. The van der Waals surface area contributed by atoms with Gasteiger partial charge in [-0.05, 0) is 36.2 Å². The van der Waals surface area contributed by atoms with Crippen molar-refractivity contribution in [1.29, 1.82) is 0 Å². The van der Waals surface area contributed by atoms with E-state index in [1.54, 1.807) is 30.5 Å². The van der Waals surface area contributed by atoms with Crippen LogP contribution >= 0.6 is 0 Å². The van der Waals surface area contributed by atoms with E-state index < -0.39 is 0 Å². The first kappa shape index (κ1) is 17.6. The molecule has 0 aliphatic rings. The number of rotatable bonds is 7. The quantitative estimate of drug-likeness (QED) is 0.774. The Labute approximate surface area is 142 Å². The first-order chi connectivity index (χ1) is 11.6. The van der Waals surface area contributed by atoms with Gasteiger partial charge in [0.25, 0.3) is 0 Å². The van der Waals surface area contributed by atoms with Crippen LogP contribution in [0.5, 0.6) is 0 Å². The van der Waals surface area contributed by atoms with Gasteiger partial charge in [0.15, 0.2) is 0 Å². The molecule has 0 radical (unpaired) electrons. The second kappa shape index (κ2) is 8.76. The monoisotopic (exact) mass is 326 g/mol. The molecule has 0 bridgehead atoms. The third-order valence-electron chi connectivity index (χ3n) is 3.76. The Morgan fingerprint density at radius 2 is 1.83 bits per heavy atom. The highest BCUT2D eigenvalue weighted by atomic mass is 16.2. The number of amides is 2. The van der Waals surface area contributed by atoms with E-state index in [2.05, 4.69) is 9.97 Å². The minimum absolute atomic E-state index is 0.0543. The largest absolute Gasteiger partial charge is 0.344 e. The van der Waals surface area contributed by atoms with E-state index in [0.717, 1.165) is 17.7 Å². The number of aromatic nitrogens is 2. The normalized spacial score (nSPS) is 10.2. The van der Waals surface area contributed by atoms with E-state index in [0.29, 0.717) is 13.1 Å². The SMILES string of the molecule is CC(=O)N(CC(=O)N(C)CCc1ccncc1)Cc1ccccn1. The number of likely N-dealkylation sites (N-methyl/N-ethyl adjacent to an activating group) is 1. The zero-order valence-electron chi connectivity index (χ0n) is 14.1. The summed E-state index contributed by atoms with van der Waals surface area (Å²) in [5.74, 6) is -0.230. The lowest BCUT2D eigenvalue weighted by Gasteiger charge is -2.24. The fraction of sp³-hybridized carbons (Fsp3) is 0.333. The van der Waals surface area contributed by atoms with Crippen molar-refractivity contribution in [3.05, 3.63) is 60.2 Å². The lowest BCUT2D eigenvalue weighted by molar-refractivity contribution is -0.139. The van der Waals surface area contributed by atoms with E-state index >= 15 is 0 Å². The molecule has 2 aromatic rings. The van der Waals surface area contributed by atoms with Gasteiger partial charge in [0.1, 0.15) is 6.54 Å². The zero-order chi connectivity index (χ0) is 17.4. The fourth-order valence-electron chi connectivity index (χ4n) is 2.22. The molecule has 0 N–H and O–H groups in total. The van der Waals surface area contributed by atoms with E-state index in [1.807, 2.05) is 30.3 Å². The predicted octanol–water partition coefficient (Wildman–Crippen LogP) is 1.53. The van der Waals surface area contributed by atoms with Crippen LogP contribution in [0.4, 0.5) is 0 Å². The Balaban J connectivity index is 1.88. The minimum atomic E-state index is -0.142. The molecule has 0 atom stereocenters. The van der Waals surface area contributed by atoms with E-state index in [-0.39, 0.29) is 18.4 Å². The van der Waals surface area contributed by atoms with E-state index in [1.165, 1.54) is 11.8 Å². The number of hydrogen-bond acceptors (Lipinski definition) is 4. The highest BCUT2D eigenvalue weighted by Crippen LogP contribution is 2.04. The van der Waals surface area contributed by atoms with Crippen LogP contribution in [0.1, 0.15) is 18.2 Å². The van der Waals surface area contributed by atoms with Crippen molar-refractivity contribution in [2.45, 2.75) is 19.9 Å². The number of hydrogen-bond donors (Lipinski definition) is 0. The summed E-state index contributed by atoms with van der Waals surface area (Å²) in [6.07, 6.45) is 5.91. The highest BCUT2D eigenvalue weighted by molar-refractivity contribution is 5.83. The third kappa shape index (κ3) is 5.46. The Morgan fingerprint density at radius 3 is 2.46 bits per heavy atom. The Bertz CT molecular complexity index is 661. The van der Waals surface area contributed by atoms with Crippen LogP contribution in [-0.4, -0.2) is 51.7 Å². The van der Waals surface area contributed by atoms with Crippen LogP contribution in [0.15, 0.2) is 48.9 Å². The van der Waals surface area contributed by atoms with Crippen LogP contribution in [0, 0.1) is 0 Å². The maximum absolute atomic E-state index is 12.4. The number of carbonyl (C=O) groups excluding carboxylic acids is 2. The van der Waals surface area contributed by atoms with Gasteiger partial charge in [-0.25, -0.2) is 0 Å². The van der Waals surface area contributed by atoms with Crippen LogP contribution < -0.4 is 0 Å². The van der Waals surface area contributed by atoms with E-state index in [9.17, 15) is 9.59 Å². The summed E-state index contributed by atoms with van der Waals surface area (Å²) < 4.78 is 0. The molecule has 0 aliphatic carbocycles. The van der Waals surface area contributed by atoms with Gasteiger partial charge in [-0.15, -0.1) is 0 Å². The molecule has 2 aromatic heterocycles. The molecule has 0 fully saturated rings. The molecule has 126 valence electrons. The second-order valence-electron chi connectivity index (χ2n) is 5.62. The maximum atomic E-state index is 12.4. The van der Waals surface area contributed by atoms with Crippen molar-refractivity contribution in [1.82, 2.24) is 19.8 Å². The molecule has 0 spiro atoms. The van der Waals surface area contributed by atoms with Crippen LogP contribution in [0.2, 0.25) is 0 Å². The van der Waals surface area contributed by atoms with Crippen molar-refractivity contribution in [2.75, 3.05) is 20.1 Å². The molecule has 24 heavy (non-hydrogen) atoms. The van der Waals surface area contributed by atoms with Gasteiger partial charge in [-0.3, -0.25) is 19.6 Å². The molecule has 6 nitrogen and oxygen atoms in total. The van der Waals surface area contributed by atoms with Gasteiger partial charge in [0.2, 0.25) is 11.8 Å². The van der Waals surface area contributed by atoms with Crippen LogP contribution in [-0.2, 0) is 22.6 Å². The molecule has 0 aliphatic heterocycles. The molecule has 6 heteroatoms. The number of carbonyl (C=O) groups is 2. The van der Waals surface area contributed by atoms with Gasteiger partial charge >= 0.3 is 0 Å². The molecule has 0 saturated carbocycles. The fourth-order valence-corrected chi connectivity index (χ4v) is 2.22. The predicted molar refractivity (Wildman–Crippen MR) is 90.9 cm³/mol. The van der Waals surface area contributed by atoms with Gasteiger partial charge in [0, 0.05) is 39.1 Å². The molecule has 0 saturated heterocycles. The van der Waals surface area contributed by atoms with E-state index in [4.69, 9.17) is 0 Å². The minimum Gasteiger partial charge on any atom is -0.344 e. The van der Waals surface area contributed by atoms with Crippen molar-refractivity contribution in [2.24, 2.45) is 0 Å². The van der Waals surface area contributed by atoms with Gasteiger partial charge < -0.3 is 9.80 Å². The topological polar surface area (TPSA) is 66.4 Å². The maximum Gasteiger partial charge on any atom is 0.241 e. The second-order valence-corrected chi connectivity index (χ2v) is 5.62. The van der Waals surface area contributed by atoms with Gasteiger partial charge in [-0.2, -0.15) is 0 Å². The van der Waals surface area contributed by atoms with Gasteiger partial charge in [-0.1, -0.05) is 6.07 Å². The summed E-state index contributed by atoms with van der Waals surface area (Å²) in [7, 11) is 1.75. The van der Waals surface area contributed by atoms with Crippen LogP contribution in [0.25, 0.3) is 0 Å². The summed E-state index contributed by atoms with van der Waals surface area (Å²) in [5, 5.41) is 0. The smallest absolute Gasteiger partial charge is 0.241 e. The molecule has 2 rings (SSSR count). The van der Waals surface area contributed by atoms with Crippen molar-refractivity contribution < 1.29 is 9.59 Å². The Morgan fingerprint density at radius 1 is 1.08 bits per heavy atom. The molecule has 0 unspecified atom stereocenters. The lowest BCUT2D eigenvalue weighted by Crippen LogP contribution is -2.41. The van der Waals surface area contributed by atoms with Crippen molar-refractivity contribution in [3.63, 3.8) is 0 Å². The molecule has 2 heterocycles. The van der Waals surface area contributed by atoms with Crippen LogP contribution in [0.3, 0.4) is 0 Å². The standard InChI is InChI=1S/C18H22N4O2/c1-15(23)22(13-17-5-3-4-9-20-17)14-18(24)21(2)12-8-16-6-10-19-11-7-16/h3-7,9-11H,8,12-14H2,1-2H3. The van der Waals surface area contributed by atoms with Crippen molar-refractivity contribution in [3.8, 4) is 0 Å². The molecule has 0 aromatic carbocycles. The summed E-state index contributed by atoms with van der Waals surface area (Å²) in [6.45, 7) is 2.45. The number of pyridine rings is 2. The van der Waals surface area contributed by atoms with Crippen molar-refractivity contribution >= 4 is 11.8 Å². The molecular formula is C18H22N4O2. The summed E-state index contributed by atoms with van der Waals surface area (Å²) in [6, 6.07) is 9.39. The Kier molecular flexibility index (Phi) is 6.42. The first-order valence-corrected chi connectivity index (χ1v) is 7.84. The molecular weight excluding hydrogens is 304 g/mol. The lowest BCUT2D eigenvalue weighted by atomic mass is 10.2.